The van der Waals surface area contributed by atoms with Crippen molar-refractivity contribution < 1.29 is 23.3 Å². The van der Waals surface area contributed by atoms with E-state index in [1.807, 2.05) is 0 Å². The summed E-state index contributed by atoms with van der Waals surface area (Å²) in [7, 11) is 0. The van der Waals surface area contributed by atoms with Crippen LogP contribution < -0.4 is 5.32 Å². The Morgan fingerprint density at radius 3 is 2.53 bits per heavy atom. The monoisotopic (exact) mass is 480 g/mol. The van der Waals surface area contributed by atoms with Crippen LogP contribution >= 0.6 is 11.3 Å². The molecule has 0 fully saturated rings. The minimum atomic E-state index is -0.516. The third kappa shape index (κ3) is 5.38. The summed E-state index contributed by atoms with van der Waals surface area (Å²) in [5.41, 5.74) is 0.734. The summed E-state index contributed by atoms with van der Waals surface area (Å²) >= 11 is 1.24. The molecule has 34 heavy (non-hydrogen) atoms. The molecule has 1 N–H and O–H groups in total. The number of carbonyl (C=O) groups is 2. The predicted octanol–water partition coefficient (Wildman–Crippen LogP) is 4.32. The molecule has 0 radical (unpaired) electrons. The Morgan fingerprint density at radius 1 is 1.12 bits per heavy atom. The molecule has 2 amide bonds. The van der Waals surface area contributed by atoms with Crippen LogP contribution in [0.25, 0.3) is 0 Å². The second-order valence-corrected chi connectivity index (χ2v) is 8.33. The lowest BCUT2D eigenvalue weighted by Gasteiger charge is -2.20. The molecule has 0 spiro atoms. The number of aryl methyl sites for hydroxylation is 1. The maximum atomic E-state index is 13.3. The van der Waals surface area contributed by atoms with Crippen molar-refractivity contribution in [2.75, 3.05) is 0 Å². The molecule has 3 heterocycles. The first-order chi connectivity index (χ1) is 16.4. The predicted molar refractivity (Wildman–Crippen MR) is 122 cm³/mol. The van der Waals surface area contributed by atoms with E-state index in [0.29, 0.717) is 22.1 Å². The van der Waals surface area contributed by atoms with Crippen LogP contribution in [-0.4, -0.2) is 26.6 Å². The fourth-order valence-corrected chi connectivity index (χ4v) is 4.02. The first-order valence-corrected chi connectivity index (χ1v) is 11.1. The number of nitro groups is 1. The van der Waals surface area contributed by atoms with Crippen LogP contribution in [0.4, 0.5) is 5.69 Å². The second kappa shape index (κ2) is 10.1. The SMILES string of the molecule is Cc1ccc(C(=O)N(Cc2ccco2)Cc2nc(C(=O)NCc3ccco3)cs2)cc1[N+](=O)[O-]. The number of hydrogen-bond donors (Lipinski definition) is 1. The van der Waals surface area contributed by atoms with E-state index < -0.39 is 10.8 Å². The zero-order chi connectivity index (χ0) is 24.1. The number of benzene rings is 1. The molecule has 0 aliphatic rings. The lowest BCUT2D eigenvalue weighted by molar-refractivity contribution is -0.385. The van der Waals surface area contributed by atoms with Gasteiger partial charge in [0.05, 0.1) is 37.1 Å². The molecule has 174 valence electrons. The second-order valence-electron chi connectivity index (χ2n) is 7.39. The summed E-state index contributed by atoms with van der Waals surface area (Å²) in [6.07, 6.45) is 3.02. The van der Waals surface area contributed by atoms with E-state index in [1.54, 1.807) is 48.7 Å². The zero-order valence-electron chi connectivity index (χ0n) is 18.1. The number of nitrogens with zero attached hydrogens (tertiary/aromatic N) is 3. The summed E-state index contributed by atoms with van der Waals surface area (Å²) in [6.45, 7) is 2.07. The van der Waals surface area contributed by atoms with E-state index in [-0.39, 0.29) is 42.5 Å². The highest BCUT2D eigenvalue weighted by molar-refractivity contribution is 7.09. The van der Waals surface area contributed by atoms with Crippen LogP contribution in [0.1, 0.15) is 42.9 Å². The highest BCUT2D eigenvalue weighted by atomic mass is 32.1. The Bertz CT molecular complexity index is 1300. The smallest absolute Gasteiger partial charge is 0.273 e. The molecular formula is C23H20N4O6S. The van der Waals surface area contributed by atoms with E-state index in [4.69, 9.17) is 8.83 Å². The van der Waals surface area contributed by atoms with Gasteiger partial charge in [-0.15, -0.1) is 11.3 Å². The number of aromatic nitrogens is 1. The molecule has 10 nitrogen and oxygen atoms in total. The number of rotatable bonds is 9. The summed E-state index contributed by atoms with van der Waals surface area (Å²) in [5, 5.41) is 16.2. The van der Waals surface area contributed by atoms with Gasteiger partial charge in [-0.25, -0.2) is 4.98 Å². The molecule has 4 rings (SSSR count). The number of carbonyl (C=O) groups excluding carboxylic acids is 2. The zero-order valence-corrected chi connectivity index (χ0v) is 18.9. The number of nitrogens with one attached hydrogen (secondary N) is 1. The molecule has 0 aliphatic carbocycles. The summed E-state index contributed by atoms with van der Waals surface area (Å²) in [6, 6.07) is 11.3. The quantitative estimate of drug-likeness (QED) is 0.279. The Balaban J connectivity index is 1.52. The van der Waals surface area contributed by atoms with Gasteiger partial charge >= 0.3 is 0 Å². The third-order valence-electron chi connectivity index (χ3n) is 4.98. The molecule has 0 saturated heterocycles. The maximum absolute atomic E-state index is 13.3. The van der Waals surface area contributed by atoms with Crippen molar-refractivity contribution in [2.45, 2.75) is 26.6 Å². The van der Waals surface area contributed by atoms with Gasteiger partial charge in [0.1, 0.15) is 22.2 Å². The van der Waals surface area contributed by atoms with Crippen molar-refractivity contribution >= 4 is 28.8 Å². The summed E-state index contributed by atoms with van der Waals surface area (Å²) in [5.74, 6) is 0.379. The fourth-order valence-electron chi connectivity index (χ4n) is 3.23. The van der Waals surface area contributed by atoms with Gasteiger partial charge in [0.25, 0.3) is 17.5 Å². The largest absolute Gasteiger partial charge is 0.467 e. The Hall–Kier alpha value is -4.25. The average Bonchev–Trinajstić information content (AvgIpc) is 3.60. The maximum Gasteiger partial charge on any atom is 0.273 e. The minimum Gasteiger partial charge on any atom is -0.467 e. The van der Waals surface area contributed by atoms with Crippen molar-refractivity contribution in [3.8, 4) is 0 Å². The van der Waals surface area contributed by atoms with Crippen molar-refractivity contribution in [1.29, 1.82) is 0 Å². The minimum absolute atomic E-state index is 0.0946. The van der Waals surface area contributed by atoms with Gasteiger partial charge in [0, 0.05) is 22.6 Å². The molecule has 0 atom stereocenters. The summed E-state index contributed by atoms with van der Waals surface area (Å²) < 4.78 is 10.6. The number of thiazole rings is 1. The topological polar surface area (TPSA) is 132 Å². The van der Waals surface area contributed by atoms with Gasteiger partial charge in [-0.05, 0) is 37.3 Å². The fraction of sp³-hybridized carbons (Fsp3) is 0.174. The van der Waals surface area contributed by atoms with Gasteiger partial charge in [0.15, 0.2) is 0 Å². The van der Waals surface area contributed by atoms with Crippen molar-refractivity contribution in [1.82, 2.24) is 15.2 Å². The van der Waals surface area contributed by atoms with Crippen LogP contribution in [0.3, 0.4) is 0 Å². The van der Waals surface area contributed by atoms with Crippen LogP contribution in [0.2, 0.25) is 0 Å². The molecule has 0 saturated carbocycles. The summed E-state index contributed by atoms with van der Waals surface area (Å²) in [4.78, 5) is 42.3. The van der Waals surface area contributed by atoms with E-state index in [2.05, 4.69) is 10.3 Å². The Labute approximate surface area is 198 Å². The number of amides is 2. The van der Waals surface area contributed by atoms with Crippen molar-refractivity contribution in [2.24, 2.45) is 0 Å². The Morgan fingerprint density at radius 2 is 1.85 bits per heavy atom. The van der Waals surface area contributed by atoms with Gasteiger partial charge in [-0.1, -0.05) is 6.07 Å². The van der Waals surface area contributed by atoms with E-state index in [1.165, 1.54) is 34.8 Å². The van der Waals surface area contributed by atoms with Crippen LogP contribution in [-0.2, 0) is 19.6 Å². The number of furan rings is 2. The molecule has 11 heteroatoms. The first-order valence-electron chi connectivity index (χ1n) is 10.2. The molecule has 1 aromatic carbocycles. The van der Waals surface area contributed by atoms with Crippen molar-refractivity contribution in [3.63, 3.8) is 0 Å². The molecular weight excluding hydrogens is 460 g/mol. The van der Waals surface area contributed by atoms with Gasteiger partial charge in [-0.2, -0.15) is 0 Å². The lowest BCUT2D eigenvalue weighted by atomic mass is 10.1. The Kier molecular flexibility index (Phi) is 6.83. The molecule has 4 aromatic rings. The average molecular weight is 481 g/mol. The number of nitro benzene ring substituents is 1. The van der Waals surface area contributed by atoms with Gasteiger partial charge in [-0.3, -0.25) is 19.7 Å². The van der Waals surface area contributed by atoms with E-state index in [9.17, 15) is 19.7 Å². The first kappa shape index (κ1) is 22.9. The van der Waals surface area contributed by atoms with Crippen LogP contribution in [0.5, 0.6) is 0 Å². The lowest BCUT2D eigenvalue weighted by Crippen LogP contribution is -2.30. The highest BCUT2D eigenvalue weighted by Gasteiger charge is 2.23. The molecule has 0 unspecified atom stereocenters. The highest BCUT2D eigenvalue weighted by Crippen LogP contribution is 2.23. The van der Waals surface area contributed by atoms with Gasteiger partial charge < -0.3 is 19.1 Å². The third-order valence-corrected chi connectivity index (χ3v) is 5.81. The van der Waals surface area contributed by atoms with Crippen LogP contribution in [0.15, 0.2) is 69.2 Å². The normalized spacial score (nSPS) is 10.7. The molecule has 0 aliphatic heterocycles. The standard InChI is InChI=1S/C23H20N4O6S/c1-15-6-7-16(10-20(15)27(30)31)23(29)26(12-18-5-3-9-33-18)13-21-25-19(14-34-21)22(28)24-11-17-4-2-8-32-17/h2-10,14H,11-13H2,1H3,(H,24,28). The number of hydrogen-bond acceptors (Lipinski definition) is 8. The van der Waals surface area contributed by atoms with E-state index >= 15 is 0 Å². The van der Waals surface area contributed by atoms with Gasteiger partial charge in [0.2, 0.25) is 0 Å². The molecule has 3 aromatic heterocycles. The van der Waals surface area contributed by atoms with E-state index in [0.717, 1.165) is 0 Å². The molecule has 0 bridgehead atoms. The van der Waals surface area contributed by atoms with Crippen molar-refractivity contribution in [3.05, 3.63) is 104 Å². The van der Waals surface area contributed by atoms with Crippen LogP contribution in [0, 0.1) is 17.0 Å².